The molecule has 1 aromatic rings. The summed E-state index contributed by atoms with van der Waals surface area (Å²) in [5.41, 5.74) is 7.97. The van der Waals surface area contributed by atoms with Gasteiger partial charge in [-0.1, -0.05) is 24.3 Å². The molecule has 0 aliphatic heterocycles. The van der Waals surface area contributed by atoms with E-state index in [1.54, 1.807) is 0 Å². The van der Waals surface area contributed by atoms with E-state index in [-0.39, 0.29) is 0 Å². The van der Waals surface area contributed by atoms with Gasteiger partial charge in [0.1, 0.15) is 5.75 Å². The topological polar surface area (TPSA) is 38.5 Å². The Balaban J connectivity index is 2.84. The Morgan fingerprint density at radius 2 is 1.95 bits per heavy atom. The van der Waals surface area contributed by atoms with Crippen LogP contribution in [0.25, 0.3) is 0 Å². The summed E-state index contributed by atoms with van der Waals surface area (Å²) in [5.74, 6) is 0.889. The molecular weight excluding hydrogens is 236 g/mol. The lowest BCUT2D eigenvalue weighted by Crippen LogP contribution is -2.23. The van der Waals surface area contributed by atoms with Crippen LogP contribution >= 0.6 is 0 Å². The van der Waals surface area contributed by atoms with E-state index in [2.05, 4.69) is 30.2 Å². The summed E-state index contributed by atoms with van der Waals surface area (Å²) < 4.78 is 5.63. The minimum atomic E-state index is 0.499. The quantitative estimate of drug-likeness (QED) is 0.694. The molecule has 0 unspecified atom stereocenters. The summed E-state index contributed by atoms with van der Waals surface area (Å²) in [5, 5.41) is 0. The number of ether oxygens (including phenoxy) is 1. The Morgan fingerprint density at radius 1 is 1.26 bits per heavy atom. The zero-order chi connectivity index (χ0) is 14.1. The highest BCUT2D eigenvalue weighted by molar-refractivity contribution is 5.37. The molecule has 0 heterocycles. The van der Waals surface area contributed by atoms with Crippen molar-refractivity contribution < 1.29 is 4.74 Å². The standard InChI is InChI=1S/C16H24N2O/c1-4-9-18(10-5-2)13-14-7-8-15(12-17)16(11-14)19-6-3/h4-5,7-8,11H,1-2,6,9-10,12-13,17H2,3H3. The van der Waals surface area contributed by atoms with Crippen LogP contribution in [0, 0.1) is 0 Å². The fourth-order valence-corrected chi connectivity index (χ4v) is 1.98. The number of hydrogen-bond donors (Lipinski definition) is 1. The summed E-state index contributed by atoms with van der Waals surface area (Å²) in [7, 11) is 0. The van der Waals surface area contributed by atoms with Crippen molar-refractivity contribution in [1.82, 2.24) is 4.90 Å². The third-order valence-corrected chi connectivity index (χ3v) is 2.83. The summed E-state index contributed by atoms with van der Waals surface area (Å²) >= 11 is 0. The number of rotatable bonds is 9. The lowest BCUT2D eigenvalue weighted by molar-refractivity contribution is 0.321. The van der Waals surface area contributed by atoms with Crippen molar-refractivity contribution in [3.8, 4) is 5.75 Å². The van der Waals surface area contributed by atoms with E-state index in [9.17, 15) is 0 Å². The molecule has 0 radical (unpaired) electrons. The van der Waals surface area contributed by atoms with Gasteiger partial charge in [0.2, 0.25) is 0 Å². The Hall–Kier alpha value is -1.58. The van der Waals surface area contributed by atoms with Crippen molar-refractivity contribution in [3.63, 3.8) is 0 Å². The number of nitrogens with two attached hydrogens (primary N) is 1. The molecule has 3 heteroatoms. The molecule has 0 saturated heterocycles. The van der Waals surface area contributed by atoms with E-state index in [1.807, 2.05) is 25.1 Å². The van der Waals surface area contributed by atoms with Gasteiger partial charge in [-0.15, -0.1) is 13.2 Å². The minimum Gasteiger partial charge on any atom is -0.494 e. The molecular formula is C16H24N2O. The van der Waals surface area contributed by atoms with Crippen molar-refractivity contribution in [1.29, 1.82) is 0 Å². The summed E-state index contributed by atoms with van der Waals surface area (Å²) in [6, 6.07) is 6.22. The van der Waals surface area contributed by atoms with E-state index >= 15 is 0 Å². The van der Waals surface area contributed by atoms with Crippen LogP contribution < -0.4 is 10.5 Å². The maximum atomic E-state index is 5.71. The normalized spacial score (nSPS) is 10.5. The molecule has 0 fully saturated rings. The fraction of sp³-hybridized carbons (Fsp3) is 0.375. The van der Waals surface area contributed by atoms with Crippen LogP contribution in [0.4, 0.5) is 0 Å². The van der Waals surface area contributed by atoms with Gasteiger partial charge in [0.05, 0.1) is 6.61 Å². The highest BCUT2D eigenvalue weighted by Crippen LogP contribution is 2.21. The highest BCUT2D eigenvalue weighted by atomic mass is 16.5. The predicted molar refractivity (Wildman–Crippen MR) is 81.2 cm³/mol. The fourth-order valence-electron chi connectivity index (χ4n) is 1.98. The SMILES string of the molecule is C=CCN(CC=C)Cc1ccc(CN)c(OCC)c1. The summed E-state index contributed by atoms with van der Waals surface area (Å²) in [6.45, 7) is 13.2. The van der Waals surface area contributed by atoms with Crippen molar-refractivity contribution in [3.05, 3.63) is 54.6 Å². The van der Waals surface area contributed by atoms with Crippen LogP contribution in [0.5, 0.6) is 5.75 Å². The van der Waals surface area contributed by atoms with Crippen LogP contribution in [-0.4, -0.2) is 24.6 Å². The molecule has 2 N–H and O–H groups in total. The zero-order valence-corrected chi connectivity index (χ0v) is 11.8. The van der Waals surface area contributed by atoms with Gasteiger partial charge in [-0.3, -0.25) is 4.90 Å². The molecule has 0 aliphatic carbocycles. The van der Waals surface area contributed by atoms with E-state index in [0.29, 0.717) is 13.2 Å². The van der Waals surface area contributed by atoms with Gasteiger partial charge >= 0.3 is 0 Å². The smallest absolute Gasteiger partial charge is 0.124 e. The molecule has 1 rings (SSSR count). The van der Waals surface area contributed by atoms with Gasteiger partial charge in [-0.05, 0) is 18.6 Å². The Bertz CT molecular complexity index is 405. The second-order valence-electron chi connectivity index (χ2n) is 4.35. The monoisotopic (exact) mass is 260 g/mol. The van der Waals surface area contributed by atoms with Crippen LogP contribution in [0.3, 0.4) is 0 Å². The Kier molecular flexibility index (Phi) is 6.93. The van der Waals surface area contributed by atoms with Gasteiger partial charge in [-0.25, -0.2) is 0 Å². The van der Waals surface area contributed by atoms with Crippen molar-refractivity contribution in [2.45, 2.75) is 20.0 Å². The molecule has 0 amide bonds. The maximum Gasteiger partial charge on any atom is 0.124 e. The Labute approximate surface area is 116 Å². The molecule has 3 nitrogen and oxygen atoms in total. The van der Waals surface area contributed by atoms with Crippen LogP contribution in [0.1, 0.15) is 18.1 Å². The molecule has 0 bridgehead atoms. The van der Waals surface area contributed by atoms with E-state index in [0.717, 1.165) is 30.9 Å². The van der Waals surface area contributed by atoms with E-state index in [1.165, 1.54) is 5.56 Å². The first-order valence-corrected chi connectivity index (χ1v) is 6.63. The highest BCUT2D eigenvalue weighted by Gasteiger charge is 2.07. The second-order valence-corrected chi connectivity index (χ2v) is 4.35. The molecule has 0 aliphatic rings. The van der Waals surface area contributed by atoms with Crippen molar-refractivity contribution >= 4 is 0 Å². The minimum absolute atomic E-state index is 0.499. The maximum absolute atomic E-state index is 5.71. The first-order chi connectivity index (χ1) is 9.24. The van der Waals surface area contributed by atoms with Gasteiger partial charge in [-0.2, -0.15) is 0 Å². The van der Waals surface area contributed by atoms with Crippen molar-refractivity contribution in [2.24, 2.45) is 5.73 Å². The molecule has 1 aromatic carbocycles. The second kappa shape index (κ2) is 8.51. The van der Waals surface area contributed by atoms with Crippen LogP contribution in [0.15, 0.2) is 43.5 Å². The first kappa shape index (κ1) is 15.5. The summed E-state index contributed by atoms with van der Waals surface area (Å²) in [4.78, 5) is 2.26. The van der Waals surface area contributed by atoms with E-state index < -0.39 is 0 Å². The third kappa shape index (κ3) is 4.89. The van der Waals surface area contributed by atoms with E-state index in [4.69, 9.17) is 10.5 Å². The molecule has 0 saturated carbocycles. The van der Waals surface area contributed by atoms with Crippen LogP contribution in [-0.2, 0) is 13.1 Å². The lowest BCUT2D eigenvalue weighted by atomic mass is 10.1. The molecule has 0 spiro atoms. The predicted octanol–water partition coefficient (Wildman–Crippen LogP) is 2.72. The first-order valence-electron chi connectivity index (χ1n) is 6.63. The Morgan fingerprint density at radius 3 is 2.47 bits per heavy atom. The van der Waals surface area contributed by atoms with Crippen molar-refractivity contribution in [2.75, 3.05) is 19.7 Å². The number of nitrogens with zero attached hydrogens (tertiary/aromatic N) is 1. The van der Waals surface area contributed by atoms with Gasteiger partial charge in [0.25, 0.3) is 0 Å². The lowest BCUT2D eigenvalue weighted by Gasteiger charge is -2.19. The average molecular weight is 260 g/mol. The molecule has 0 aromatic heterocycles. The van der Waals surface area contributed by atoms with Gasteiger partial charge in [0, 0.05) is 31.7 Å². The summed E-state index contributed by atoms with van der Waals surface area (Å²) in [6.07, 6.45) is 3.81. The zero-order valence-electron chi connectivity index (χ0n) is 11.8. The van der Waals surface area contributed by atoms with Crippen LogP contribution in [0.2, 0.25) is 0 Å². The molecule has 0 atom stereocenters. The average Bonchev–Trinajstić information content (AvgIpc) is 2.40. The van der Waals surface area contributed by atoms with Gasteiger partial charge < -0.3 is 10.5 Å². The molecule has 19 heavy (non-hydrogen) atoms. The number of hydrogen-bond acceptors (Lipinski definition) is 3. The largest absolute Gasteiger partial charge is 0.494 e. The third-order valence-electron chi connectivity index (χ3n) is 2.83. The van der Waals surface area contributed by atoms with Gasteiger partial charge in [0.15, 0.2) is 0 Å². The number of benzene rings is 1. The molecule has 104 valence electrons.